The Morgan fingerprint density at radius 1 is 1.47 bits per heavy atom. The molecule has 90 valence electrons. The fourth-order valence-electron chi connectivity index (χ4n) is 2.13. The van der Waals surface area contributed by atoms with Crippen LogP contribution in [0.5, 0.6) is 0 Å². The van der Waals surface area contributed by atoms with E-state index in [1.165, 1.54) is 11.1 Å². The van der Waals surface area contributed by atoms with Crippen LogP contribution in [0.2, 0.25) is 0 Å². The third-order valence-electron chi connectivity index (χ3n) is 3.51. The normalized spacial score (nSPS) is 21.7. The number of aromatic nitrogens is 1. The Labute approximate surface area is 105 Å². The smallest absolute Gasteiger partial charge is 0.0907 e. The summed E-state index contributed by atoms with van der Waals surface area (Å²) in [7, 11) is 0. The maximum atomic E-state index is 6.08. The first-order valence-corrected chi connectivity index (χ1v) is 6.70. The maximum Gasteiger partial charge on any atom is 0.0907 e. The van der Waals surface area contributed by atoms with Crippen molar-refractivity contribution >= 4 is 32.9 Å². The van der Waals surface area contributed by atoms with Crippen LogP contribution in [-0.4, -0.2) is 11.0 Å². The first-order chi connectivity index (χ1) is 7.95. The summed E-state index contributed by atoms with van der Waals surface area (Å²) in [5.41, 5.74) is 9.37. The standard InChI is InChI=1S/C13H17N3S/c1-7-15-10-5-9(8(14)4-11(10)17-7)16-12-6-13(12,2)3/h4-5,12,16H,6,14H2,1-3H3. The van der Waals surface area contributed by atoms with Crippen molar-refractivity contribution in [3.8, 4) is 0 Å². The van der Waals surface area contributed by atoms with Gasteiger partial charge in [-0.05, 0) is 30.9 Å². The molecular weight excluding hydrogens is 230 g/mol. The second-order valence-electron chi connectivity index (χ2n) is 5.53. The van der Waals surface area contributed by atoms with Crippen molar-refractivity contribution in [2.75, 3.05) is 11.1 Å². The average molecular weight is 247 g/mol. The van der Waals surface area contributed by atoms with E-state index in [0.717, 1.165) is 21.9 Å². The number of nitrogens with two attached hydrogens (primary N) is 1. The van der Waals surface area contributed by atoms with E-state index in [4.69, 9.17) is 5.73 Å². The van der Waals surface area contributed by atoms with Gasteiger partial charge in [-0.25, -0.2) is 4.98 Å². The van der Waals surface area contributed by atoms with Gasteiger partial charge >= 0.3 is 0 Å². The summed E-state index contributed by atoms with van der Waals surface area (Å²) in [6.45, 7) is 6.57. The molecule has 0 aliphatic heterocycles. The van der Waals surface area contributed by atoms with Crippen LogP contribution in [0.4, 0.5) is 11.4 Å². The Morgan fingerprint density at radius 2 is 2.18 bits per heavy atom. The molecule has 1 aliphatic carbocycles. The molecule has 1 aliphatic rings. The van der Waals surface area contributed by atoms with Crippen molar-refractivity contribution in [3.63, 3.8) is 0 Å². The number of rotatable bonds is 2. The van der Waals surface area contributed by atoms with Crippen LogP contribution in [0.15, 0.2) is 12.1 Å². The molecule has 1 aromatic heterocycles. The predicted octanol–water partition coefficient (Wildman–Crippen LogP) is 3.40. The SMILES string of the molecule is Cc1nc2cc(NC3CC3(C)C)c(N)cc2s1. The molecule has 4 heteroatoms. The van der Waals surface area contributed by atoms with Crippen LogP contribution in [0.1, 0.15) is 25.3 Å². The van der Waals surface area contributed by atoms with Gasteiger partial charge in [-0.2, -0.15) is 0 Å². The molecule has 0 saturated heterocycles. The van der Waals surface area contributed by atoms with Gasteiger partial charge in [0.2, 0.25) is 0 Å². The molecule has 1 fully saturated rings. The third kappa shape index (κ3) is 1.86. The van der Waals surface area contributed by atoms with Crippen LogP contribution in [0.25, 0.3) is 10.2 Å². The molecule has 3 rings (SSSR count). The average Bonchev–Trinajstić information content (AvgIpc) is 2.65. The van der Waals surface area contributed by atoms with E-state index >= 15 is 0 Å². The van der Waals surface area contributed by atoms with Crippen molar-refractivity contribution in [2.24, 2.45) is 5.41 Å². The van der Waals surface area contributed by atoms with E-state index in [0.29, 0.717) is 11.5 Å². The van der Waals surface area contributed by atoms with Gasteiger partial charge in [-0.1, -0.05) is 13.8 Å². The highest BCUT2D eigenvalue weighted by Gasteiger charge is 2.45. The van der Waals surface area contributed by atoms with Crippen molar-refractivity contribution < 1.29 is 0 Å². The quantitative estimate of drug-likeness (QED) is 0.800. The summed E-state index contributed by atoms with van der Waals surface area (Å²) in [5.74, 6) is 0. The van der Waals surface area contributed by atoms with Crippen molar-refractivity contribution in [3.05, 3.63) is 17.1 Å². The lowest BCUT2D eigenvalue weighted by Gasteiger charge is -2.10. The molecule has 17 heavy (non-hydrogen) atoms. The molecule has 3 nitrogen and oxygen atoms in total. The summed E-state index contributed by atoms with van der Waals surface area (Å²) < 4.78 is 1.17. The highest BCUT2D eigenvalue weighted by atomic mass is 32.1. The van der Waals surface area contributed by atoms with Gasteiger partial charge in [0.1, 0.15) is 0 Å². The van der Waals surface area contributed by atoms with Crippen LogP contribution < -0.4 is 11.1 Å². The molecule has 0 spiro atoms. The minimum absolute atomic E-state index is 0.402. The number of anilines is 2. The number of nitrogen functional groups attached to an aromatic ring is 1. The predicted molar refractivity (Wildman–Crippen MR) is 74.6 cm³/mol. The minimum atomic E-state index is 0.402. The third-order valence-corrected chi connectivity index (χ3v) is 4.44. The monoisotopic (exact) mass is 247 g/mol. The first-order valence-electron chi connectivity index (χ1n) is 5.89. The van der Waals surface area contributed by atoms with Gasteiger partial charge in [0, 0.05) is 6.04 Å². The van der Waals surface area contributed by atoms with Gasteiger partial charge < -0.3 is 11.1 Å². The number of thiazole rings is 1. The van der Waals surface area contributed by atoms with Gasteiger partial charge in [-0.15, -0.1) is 11.3 Å². The van der Waals surface area contributed by atoms with E-state index in [2.05, 4.69) is 30.2 Å². The Bertz CT molecular complexity index is 586. The topological polar surface area (TPSA) is 50.9 Å². The zero-order chi connectivity index (χ0) is 12.2. The molecule has 1 aromatic carbocycles. The molecule has 1 saturated carbocycles. The lowest BCUT2D eigenvalue weighted by atomic mass is 10.2. The Morgan fingerprint density at radius 3 is 2.82 bits per heavy atom. The summed E-state index contributed by atoms with van der Waals surface area (Å²) >= 11 is 1.69. The van der Waals surface area contributed by atoms with Crippen LogP contribution in [0.3, 0.4) is 0 Å². The lowest BCUT2D eigenvalue weighted by Crippen LogP contribution is -2.09. The number of nitrogens with one attached hydrogen (secondary N) is 1. The second kappa shape index (κ2) is 3.35. The number of fused-ring (bicyclic) bond motifs is 1. The molecule has 0 bridgehead atoms. The zero-order valence-corrected chi connectivity index (χ0v) is 11.2. The second-order valence-corrected chi connectivity index (χ2v) is 6.76. The zero-order valence-electron chi connectivity index (χ0n) is 10.4. The van der Waals surface area contributed by atoms with E-state index in [1.54, 1.807) is 11.3 Å². The lowest BCUT2D eigenvalue weighted by molar-refractivity contribution is 0.631. The Kier molecular flexibility index (Phi) is 2.14. The summed E-state index contributed by atoms with van der Waals surface area (Å²) in [4.78, 5) is 4.50. The van der Waals surface area contributed by atoms with Crippen molar-refractivity contribution in [2.45, 2.75) is 33.2 Å². The van der Waals surface area contributed by atoms with Crippen LogP contribution >= 0.6 is 11.3 Å². The fourth-order valence-corrected chi connectivity index (χ4v) is 2.99. The number of hydrogen-bond donors (Lipinski definition) is 2. The largest absolute Gasteiger partial charge is 0.397 e. The van der Waals surface area contributed by atoms with Gasteiger partial charge in [0.15, 0.2) is 0 Å². The summed E-state index contributed by atoms with van der Waals surface area (Å²) in [6.07, 6.45) is 1.21. The molecular formula is C13H17N3S. The van der Waals surface area contributed by atoms with E-state index < -0.39 is 0 Å². The molecule has 2 aromatic rings. The van der Waals surface area contributed by atoms with Gasteiger partial charge in [-0.3, -0.25) is 0 Å². The number of hydrogen-bond acceptors (Lipinski definition) is 4. The molecule has 0 radical (unpaired) electrons. The molecule has 3 N–H and O–H groups in total. The Balaban J connectivity index is 1.96. The van der Waals surface area contributed by atoms with Crippen molar-refractivity contribution in [1.29, 1.82) is 0 Å². The van der Waals surface area contributed by atoms with E-state index in [9.17, 15) is 0 Å². The minimum Gasteiger partial charge on any atom is -0.397 e. The van der Waals surface area contributed by atoms with Crippen molar-refractivity contribution in [1.82, 2.24) is 4.98 Å². The summed E-state index contributed by atoms with van der Waals surface area (Å²) in [5, 5.41) is 4.60. The molecule has 0 amide bonds. The highest BCUT2D eigenvalue weighted by molar-refractivity contribution is 7.18. The van der Waals surface area contributed by atoms with Gasteiger partial charge in [0.25, 0.3) is 0 Å². The van der Waals surface area contributed by atoms with Gasteiger partial charge in [0.05, 0.1) is 26.6 Å². The number of nitrogens with zero attached hydrogens (tertiary/aromatic N) is 1. The molecule has 1 unspecified atom stereocenters. The first kappa shape index (κ1) is 10.8. The molecule has 1 heterocycles. The number of benzene rings is 1. The summed E-state index contributed by atoms with van der Waals surface area (Å²) in [6, 6.07) is 4.64. The fraction of sp³-hybridized carbons (Fsp3) is 0.462. The van der Waals surface area contributed by atoms with Crippen LogP contribution in [-0.2, 0) is 0 Å². The van der Waals surface area contributed by atoms with E-state index in [1.807, 2.05) is 13.0 Å². The highest BCUT2D eigenvalue weighted by Crippen LogP contribution is 2.47. The Hall–Kier alpha value is -1.29. The van der Waals surface area contributed by atoms with Crippen LogP contribution in [0, 0.1) is 12.3 Å². The molecule has 1 atom stereocenters. The maximum absolute atomic E-state index is 6.08. The number of aryl methyl sites for hydroxylation is 1. The van der Waals surface area contributed by atoms with E-state index in [-0.39, 0.29) is 0 Å².